The van der Waals surface area contributed by atoms with Gasteiger partial charge in [-0.05, 0) is 63.0 Å². The van der Waals surface area contributed by atoms with Crippen molar-refractivity contribution >= 4 is 19.4 Å². The van der Waals surface area contributed by atoms with Gasteiger partial charge in [0.05, 0.1) is 0 Å². The molecule has 0 bridgehead atoms. The minimum absolute atomic E-state index is 0. The standard InChI is InChI=1S/C19H27NO.C2H6.H2S/c1-14-9-10-16(13-14)19(3)11-6-12-20(19)18(21)17-8-5-4-7-15(17)2;1-2;/h4-5,7-8,14,16H,6,9-13H2,1-3H3;1-2H3;1H2/t14?,16?,19-;;/m0../s1. The van der Waals surface area contributed by atoms with Gasteiger partial charge in [-0.2, -0.15) is 13.5 Å². The molecule has 2 nitrogen and oxygen atoms in total. The molecule has 2 fully saturated rings. The zero-order chi connectivity index (χ0) is 17.0. The van der Waals surface area contributed by atoms with Gasteiger partial charge in [-0.1, -0.05) is 45.4 Å². The predicted molar refractivity (Wildman–Crippen MR) is 108 cm³/mol. The van der Waals surface area contributed by atoms with E-state index in [2.05, 4.69) is 18.7 Å². The third-order valence-corrected chi connectivity index (χ3v) is 5.88. The fraction of sp³-hybridized carbons (Fsp3) is 0.667. The second-order valence-corrected chi connectivity index (χ2v) is 7.35. The van der Waals surface area contributed by atoms with E-state index in [0.29, 0.717) is 5.92 Å². The summed E-state index contributed by atoms with van der Waals surface area (Å²) in [5, 5.41) is 0. The second kappa shape index (κ2) is 8.94. The summed E-state index contributed by atoms with van der Waals surface area (Å²) >= 11 is 0. The molecular formula is C21H35NOS. The molecule has 1 aromatic carbocycles. The number of benzene rings is 1. The van der Waals surface area contributed by atoms with E-state index in [9.17, 15) is 4.79 Å². The Morgan fingerprint density at radius 1 is 1.21 bits per heavy atom. The van der Waals surface area contributed by atoms with Crippen molar-refractivity contribution in [2.24, 2.45) is 11.8 Å². The predicted octanol–water partition coefficient (Wildman–Crippen LogP) is 5.56. The third-order valence-electron chi connectivity index (χ3n) is 5.88. The molecule has 1 amide bonds. The van der Waals surface area contributed by atoms with E-state index in [4.69, 9.17) is 0 Å². The molecule has 3 heteroatoms. The molecule has 3 rings (SSSR count). The zero-order valence-electron chi connectivity index (χ0n) is 16.1. The Morgan fingerprint density at radius 2 is 1.88 bits per heavy atom. The highest BCUT2D eigenvalue weighted by Crippen LogP contribution is 2.46. The quantitative estimate of drug-likeness (QED) is 0.684. The number of carbonyl (C=O) groups is 1. The molecule has 0 radical (unpaired) electrons. The first-order valence-corrected chi connectivity index (χ1v) is 9.40. The van der Waals surface area contributed by atoms with Crippen LogP contribution in [0.3, 0.4) is 0 Å². The van der Waals surface area contributed by atoms with Crippen LogP contribution in [-0.4, -0.2) is 22.9 Å². The first-order chi connectivity index (χ1) is 11.0. The van der Waals surface area contributed by atoms with E-state index in [-0.39, 0.29) is 24.9 Å². The molecule has 0 spiro atoms. The molecule has 1 heterocycles. The normalized spacial score (nSPS) is 28.8. The van der Waals surface area contributed by atoms with E-state index in [1.807, 2.05) is 45.0 Å². The fourth-order valence-corrected chi connectivity index (χ4v) is 4.47. The summed E-state index contributed by atoms with van der Waals surface area (Å²) in [5.41, 5.74) is 2.05. The van der Waals surface area contributed by atoms with Crippen molar-refractivity contribution in [3.8, 4) is 0 Å². The molecular weight excluding hydrogens is 314 g/mol. The van der Waals surface area contributed by atoms with Crippen LogP contribution >= 0.6 is 13.5 Å². The van der Waals surface area contributed by atoms with Crippen molar-refractivity contribution in [1.82, 2.24) is 4.90 Å². The molecule has 1 saturated heterocycles. The van der Waals surface area contributed by atoms with Crippen LogP contribution in [0.1, 0.15) is 75.7 Å². The van der Waals surface area contributed by atoms with Gasteiger partial charge in [0, 0.05) is 17.6 Å². The number of hydrogen-bond acceptors (Lipinski definition) is 1. The van der Waals surface area contributed by atoms with Crippen molar-refractivity contribution in [2.45, 2.75) is 72.3 Å². The van der Waals surface area contributed by atoms with Crippen molar-refractivity contribution in [3.63, 3.8) is 0 Å². The maximum Gasteiger partial charge on any atom is 0.254 e. The lowest BCUT2D eigenvalue weighted by molar-refractivity contribution is 0.0488. The molecule has 3 atom stereocenters. The van der Waals surface area contributed by atoms with Crippen molar-refractivity contribution in [1.29, 1.82) is 0 Å². The van der Waals surface area contributed by atoms with Gasteiger partial charge in [0.15, 0.2) is 0 Å². The highest BCUT2D eigenvalue weighted by molar-refractivity contribution is 7.59. The largest absolute Gasteiger partial charge is 0.333 e. The first kappa shape index (κ1) is 21.1. The van der Waals surface area contributed by atoms with Crippen molar-refractivity contribution in [3.05, 3.63) is 35.4 Å². The summed E-state index contributed by atoms with van der Waals surface area (Å²) in [4.78, 5) is 15.2. The molecule has 2 aliphatic rings. The number of hydrogen-bond donors (Lipinski definition) is 0. The van der Waals surface area contributed by atoms with Gasteiger partial charge < -0.3 is 4.90 Å². The number of nitrogens with zero attached hydrogens (tertiary/aromatic N) is 1. The van der Waals surface area contributed by atoms with Gasteiger partial charge in [-0.25, -0.2) is 0 Å². The Bertz CT molecular complexity index is 544. The molecule has 136 valence electrons. The summed E-state index contributed by atoms with van der Waals surface area (Å²) < 4.78 is 0. The number of likely N-dealkylation sites (tertiary alicyclic amines) is 1. The minimum atomic E-state index is 0. The fourth-order valence-electron chi connectivity index (χ4n) is 4.47. The van der Waals surface area contributed by atoms with Gasteiger partial charge in [-0.3, -0.25) is 4.79 Å². The summed E-state index contributed by atoms with van der Waals surface area (Å²) in [6.45, 7) is 11.7. The Hall–Kier alpha value is -0.960. The molecule has 1 saturated carbocycles. The zero-order valence-corrected chi connectivity index (χ0v) is 17.1. The lowest BCUT2D eigenvalue weighted by Crippen LogP contribution is -2.49. The average Bonchev–Trinajstić information content (AvgIpc) is 3.16. The smallest absolute Gasteiger partial charge is 0.254 e. The highest BCUT2D eigenvalue weighted by Gasteiger charge is 2.47. The number of rotatable bonds is 2. The Kier molecular flexibility index (Phi) is 7.85. The van der Waals surface area contributed by atoms with Crippen LogP contribution in [-0.2, 0) is 0 Å². The molecule has 1 aliphatic carbocycles. The second-order valence-electron chi connectivity index (χ2n) is 7.35. The van der Waals surface area contributed by atoms with Crippen LogP contribution in [0.15, 0.2) is 24.3 Å². The maximum absolute atomic E-state index is 13.0. The van der Waals surface area contributed by atoms with Gasteiger partial charge >= 0.3 is 0 Å². The summed E-state index contributed by atoms with van der Waals surface area (Å²) in [7, 11) is 0. The van der Waals surface area contributed by atoms with Crippen molar-refractivity contribution < 1.29 is 4.79 Å². The lowest BCUT2D eigenvalue weighted by atomic mass is 9.81. The highest BCUT2D eigenvalue weighted by atomic mass is 32.1. The Morgan fingerprint density at radius 3 is 2.46 bits per heavy atom. The minimum Gasteiger partial charge on any atom is -0.333 e. The number of amides is 1. The summed E-state index contributed by atoms with van der Waals surface area (Å²) in [5.74, 6) is 1.75. The summed E-state index contributed by atoms with van der Waals surface area (Å²) in [6.07, 6.45) is 6.22. The van der Waals surface area contributed by atoms with E-state index >= 15 is 0 Å². The molecule has 1 aromatic rings. The van der Waals surface area contributed by atoms with Crippen LogP contribution < -0.4 is 0 Å². The molecule has 24 heavy (non-hydrogen) atoms. The first-order valence-electron chi connectivity index (χ1n) is 9.40. The van der Waals surface area contributed by atoms with E-state index < -0.39 is 0 Å². The third kappa shape index (κ3) is 3.99. The van der Waals surface area contributed by atoms with Crippen LogP contribution in [0.2, 0.25) is 0 Å². The monoisotopic (exact) mass is 349 g/mol. The molecule has 0 aromatic heterocycles. The van der Waals surface area contributed by atoms with Crippen LogP contribution in [0.5, 0.6) is 0 Å². The molecule has 2 unspecified atom stereocenters. The van der Waals surface area contributed by atoms with Crippen molar-refractivity contribution in [2.75, 3.05) is 6.54 Å². The average molecular weight is 350 g/mol. The van der Waals surface area contributed by atoms with E-state index in [1.54, 1.807) is 0 Å². The SMILES string of the molecule is CC.Cc1ccccc1C(=O)N1CCC[C@@]1(C)C1CCC(C)C1.S. The Balaban J connectivity index is 0.000000925. The number of carbonyl (C=O) groups excluding carboxylic acids is 1. The summed E-state index contributed by atoms with van der Waals surface area (Å²) in [6, 6.07) is 8.01. The van der Waals surface area contributed by atoms with E-state index in [0.717, 1.165) is 30.0 Å². The van der Waals surface area contributed by atoms with Gasteiger partial charge in [0.2, 0.25) is 0 Å². The van der Waals surface area contributed by atoms with Gasteiger partial charge in [0.25, 0.3) is 5.91 Å². The molecule has 0 N–H and O–H groups in total. The molecule has 1 aliphatic heterocycles. The van der Waals surface area contributed by atoms with Gasteiger partial charge in [0.1, 0.15) is 0 Å². The lowest BCUT2D eigenvalue weighted by Gasteiger charge is -2.41. The Labute approximate surface area is 155 Å². The van der Waals surface area contributed by atoms with Crippen LogP contribution in [0.25, 0.3) is 0 Å². The van der Waals surface area contributed by atoms with E-state index in [1.165, 1.54) is 25.7 Å². The topological polar surface area (TPSA) is 20.3 Å². The van der Waals surface area contributed by atoms with Crippen LogP contribution in [0.4, 0.5) is 0 Å². The number of aryl methyl sites for hydroxylation is 1. The van der Waals surface area contributed by atoms with Gasteiger partial charge in [-0.15, -0.1) is 0 Å². The maximum atomic E-state index is 13.0. The van der Waals surface area contributed by atoms with Crippen LogP contribution in [0, 0.1) is 18.8 Å².